The molecule has 0 aromatic carbocycles. The first-order valence-electron chi connectivity index (χ1n) is 11.7. The first-order chi connectivity index (χ1) is 18.0. The van der Waals surface area contributed by atoms with Crippen LogP contribution in [-0.4, -0.2) is 50.6 Å². The standard InChI is InChI=1S/C25H21FN10O/c1-3-4-18(37)31-15-7-14(8-27-9-15)21-20(26)19-17(10-29-21)34-35-23(19)24-32-16-5-6-28-25(22(16)33-24)36-11-13(2)30-12-36/h5-12H,3-4H2,1-2H3,(H,31,37)(H,32,33)(H,34,35). The molecular formula is C25H21FN10O. The van der Waals surface area contributed by atoms with Crippen molar-refractivity contribution in [1.82, 2.24) is 44.7 Å². The van der Waals surface area contributed by atoms with Crippen molar-refractivity contribution in [3.63, 3.8) is 0 Å². The van der Waals surface area contributed by atoms with Crippen LogP contribution in [0.1, 0.15) is 25.5 Å². The number of carbonyl (C=O) groups excluding carboxylic acids is 1. The third kappa shape index (κ3) is 3.97. The number of nitrogens with one attached hydrogen (secondary N) is 3. The van der Waals surface area contributed by atoms with Crippen LogP contribution in [0.15, 0.2) is 49.4 Å². The molecule has 0 fully saturated rings. The van der Waals surface area contributed by atoms with Crippen molar-refractivity contribution in [3.05, 3.63) is 61.0 Å². The minimum Gasteiger partial charge on any atom is -0.336 e. The molecule has 0 saturated heterocycles. The van der Waals surface area contributed by atoms with Crippen LogP contribution in [-0.2, 0) is 4.79 Å². The van der Waals surface area contributed by atoms with Crippen LogP contribution in [0.4, 0.5) is 10.1 Å². The van der Waals surface area contributed by atoms with E-state index in [4.69, 9.17) is 4.98 Å². The molecule has 37 heavy (non-hydrogen) atoms. The number of imidazole rings is 2. The molecule has 0 radical (unpaired) electrons. The maximum Gasteiger partial charge on any atom is 0.224 e. The maximum absolute atomic E-state index is 15.9. The van der Waals surface area contributed by atoms with Crippen LogP contribution in [0.2, 0.25) is 0 Å². The zero-order valence-corrected chi connectivity index (χ0v) is 19.9. The van der Waals surface area contributed by atoms with E-state index in [-0.39, 0.29) is 17.0 Å². The molecule has 6 aromatic rings. The predicted octanol–water partition coefficient (Wildman–Crippen LogP) is 4.33. The van der Waals surface area contributed by atoms with E-state index < -0.39 is 5.82 Å². The summed E-state index contributed by atoms with van der Waals surface area (Å²) in [5, 5.41) is 10.2. The van der Waals surface area contributed by atoms with Crippen molar-refractivity contribution in [2.45, 2.75) is 26.7 Å². The number of halogens is 1. The highest BCUT2D eigenvalue weighted by atomic mass is 19.1. The fourth-order valence-electron chi connectivity index (χ4n) is 4.20. The first kappa shape index (κ1) is 22.5. The summed E-state index contributed by atoms with van der Waals surface area (Å²) in [6.07, 6.45) is 10.8. The lowest BCUT2D eigenvalue weighted by Gasteiger charge is -2.07. The van der Waals surface area contributed by atoms with E-state index in [9.17, 15) is 4.79 Å². The van der Waals surface area contributed by atoms with E-state index in [0.29, 0.717) is 46.0 Å². The maximum atomic E-state index is 15.9. The monoisotopic (exact) mass is 496 g/mol. The zero-order valence-electron chi connectivity index (χ0n) is 19.9. The molecule has 6 aromatic heterocycles. The molecule has 0 spiro atoms. The second kappa shape index (κ2) is 8.90. The van der Waals surface area contributed by atoms with Crippen LogP contribution in [0, 0.1) is 12.7 Å². The molecule has 0 saturated carbocycles. The molecular weight excluding hydrogens is 475 g/mol. The number of rotatable bonds is 6. The van der Waals surface area contributed by atoms with Crippen molar-refractivity contribution < 1.29 is 9.18 Å². The molecule has 12 heteroatoms. The number of hydrogen-bond acceptors (Lipinski definition) is 7. The van der Waals surface area contributed by atoms with Crippen LogP contribution in [0.25, 0.3) is 50.5 Å². The summed E-state index contributed by atoms with van der Waals surface area (Å²) in [5.74, 6) is 0.259. The van der Waals surface area contributed by atoms with E-state index in [0.717, 1.165) is 17.6 Å². The van der Waals surface area contributed by atoms with Gasteiger partial charge in [0.15, 0.2) is 17.5 Å². The van der Waals surface area contributed by atoms with E-state index in [1.165, 1.54) is 18.6 Å². The third-order valence-electron chi connectivity index (χ3n) is 5.88. The normalized spacial score (nSPS) is 11.4. The van der Waals surface area contributed by atoms with Crippen molar-refractivity contribution in [3.8, 4) is 28.6 Å². The highest BCUT2D eigenvalue weighted by Gasteiger charge is 2.21. The Kier molecular flexibility index (Phi) is 5.40. The quantitative estimate of drug-likeness (QED) is 0.311. The van der Waals surface area contributed by atoms with Crippen molar-refractivity contribution in [2.24, 2.45) is 0 Å². The number of amides is 1. The number of fused-ring (bicyclic) bond motifs is 2. The fraction of sp³-hybridized carbons (Fsp3) is 0.160. The summed E-state index contributed by atoms with van der Waals surface area (Å²) in [6.45, 7) is 3.81. The molecule has 0 unspecified atom stereocenters. The molecule has 0 aliphatic carbocycles. The van der Waals surface area contributed by atoms with Gasteiger partial charge in [-0.1, -0.05) is 6.92 Å². The molecule has 0 bridgehead atoms. The molecule has 0 atom stereocenters. The lowest BCUT2D eigenvalue weighted by Crippen LogP contribution is -2.10. The summed E-state index contributed by atoms with van der Waals surface area (Å²) >= 11 is 0. The Morgan fingerprint density at radius 1 is 1.14 bits per heavy atom. The van der Waals surface area contributed by atoms with Crippen molar-refractivity contribution in [1.29, 1.82) is 0 Å². The zero-order chi connectivity index (χ0) is 25.5. The Morgan fingerprint density at radius 2 is 2.03 bits per heavy atom. The van der Waals surface area contributed by atoms with Gasteiger partial charge in [-0.15, -0.1) is 0 Å². The smallest absolute Gasteiger partial charge is 0.224 e. The first-order valence-corrected chi connectivity index (χ1v) is 11.7. The molecule has 184 valence electrons. The minimum absolute atomic E-state index is 0.0848. The Morgan fingerprint density at radius 3 is 2.84 bits per heavy atom. The molecule has 1 amide bonds. The number of aromatic amines is 2. The van der Waals surface area contributed by atoms with Gasteiger partial charge in [0.05, 0.1) is 40.2 Å². The second-order valence-corrected chi connectivity index (χ2v) is 8.58. The second-order valence-electron chi connectivity index (χ2n) is 8.58. The predicted molar refractivity (Wildman–Crippen MR) is 135 cm³/mol. The number of anilines is 1. The summed E-state index contributed by atoms with van der Waals surface area (Å²) in [6, 6.07) is 3.44. The topological polar surface area (TPSA) is 143 Å². The molecule has 6 rings (SSSR count). The minimum atomic E-state index is -0.580. The number of pyridine rings is 3. The lowest BCUT2D eigenvalue weighted by atomic mass is 10.1. The van der Waals surface area contributed by atoms with Crippen LogP contribution in [0.5, 0.6) is 0 Å². The molecule has 0 aliphatic heterocycles. The summed E-state index contributed by atoms with van der Waals surface area (Å²) in [7, 11) is 0. The Bertz CT molecular complexity index is 1780. The van der Waals surface area contributed by atoms with Gasteiger partial charge in [0, 0.05) is 30.6 Å². The fourth-order valence-corrected chi connectivity index (χ4v) is 4.20. The van der Waals surface area contributed by atoms with E-state index >= 15 is 4.39 Å². The summed E-state index contributed by atoms with van der Waals surface area (Å²) in [5.41, 5.74) is 3.86. The molecule has 3 N–H and O–H groups in total. The van der Waals surface area contributed by atoms with Gasteiger partial charge < -0.3 is 10.3 Å². The van der Waals surface area contributed by atoms with E-state index in [1.54, 1.807) is 29.2 Å². The largest absolute Gasteiger partial charge is 0.336 e. The number of aromatic nitrogens is 9. The van der Waals surface area contributed by atoms with Crippen LogP contribution >= 0.6 is 0 Å². The highest BCUT2D eigenvalue weighted by molar-refractivity contribution is 5.96. The molecule has 0 aliphatic rings. The Balaban J connectivity index is 1.44. The van der Waals surface area contributed by atoms with Gasteiger partial charge in [-0.05, 0) is 25.5 Å². The van der Waals surface area contributed by atoms with Crippen LogP contribution < -0.4 is 5.32 Å². The van der Waals surface area contributed by atoms with Gasteiger partial charge in [0.2, 0.25) is 5.91 Å². The van der Waals surface area contributed by atoms with Gasteiger partial charge in [-0.25, -0.2) is 19.3 Å². The third-order valence-corrected chi connectivity index (χ3v) is 5.88. The van der Waals surface area contributed by atoms with E-state index in [2.05, 4.69) is 40.4 Å². The van der Waals surface area contributed by atoms with Gasteiger partial charge in [0.1, 0.15) is 23.2 Å². The van der Waals surface area contributed by atoms with Crippen LogP contribution in [0.3, 0.4) is 0 Å². The number of nitrogens with zero attached hydrogens (tertiary/aromatic N) is 7. The average molecular weight is 497 g/mol. The average Bonchev–Trinajstić information content (AvgIpc) is 3.62. The Hall–Kier alpha value is -5.00. The number of H-pyrrole nitrogens is 2. The van der Waals surface area contributed by atoms with E-state index in [1.807, 2.05) is 20.0 Å². The summed E-state index contributed by atoms with van der Waals surface area (Å²) in [4.78, 5) is 37.1. The molecule has 6 heterocycles. The van der Waals surface area contributed by atoms with Crippen molar-refractivity contribution in [2.75, 3.05) is 5.32 Å². The van der Waals surface area contributed by atoms with Crippen molar-refractivity contribution >= 4 is 33.5 Å². The number of hydrogen-bond donors (Lipinski definition) is 3. The summed E-state index contributed by atoms with van der Waals surface area (Å²) < 4.78 is 17.7. The number of aryl methyl sites for hydroxylation is 1. The van der Waals surface area contributed by atoms with Gasteiger partial charge in [-0.2, -0.15) is 5.10 Å². The lowest BCUT2D eigenvalue weighted by molar-refractivity contribution is -0.116. The van der Waals surface area contributed by atoms with Gasteiger partial charge in [-0.3, -0.25) is 24.4 Å². The SMILES string of the molecule is CCCC(=O)Nc1cncc(-c2ncc3[nH]nc(-c4nc5c(-n6cnc(C)c6)nccc5[nH]4)c3c2F)c1. The molecule has 11 nitrogen and oxygen atoms in total. The van der Waals surface area contributed by atoms with Gasteiger partial charge >= 0.3 is 0 Å². The number of carbonyl (C=O) groups is 1. The highest BCUT2D eigenvalue weighted by Crippen LogP contribution is 2.33. The Labute approximate surface area is 209 Å². The van der Waals surface area contributed by atoms with Gasteiger partial charge in [0.25, 0.3) is 0 Å².